The molecule has 2 aliphatic rings. The van der Waals surface area contributed by atoms with E-state index < -0.39 is 0 Å². The third kappa shape index (κ3) is 10.1. The molecule has 9 heteroatoms. The smallest absolute Gasteiger partial charge is 0.164 e. The summed E-state index contributed by atoms with van der Waals surface area (Å²) >= 11 is 0. The fourth-order valence-electron chi connectivity index (χ4n) is 10.6. The third-order valence-electron chi connectivity index (χ3n) is 14.4. The summed E-state index contributed by atoms with van der Waals surface area (Å²) in [4.78, 5) is 23.7. The van der Waals surface area contributed by atoms with E-state index in [0.717, 1.165) is 89.4 Å². The van der Waals surface area contributed by atoms with Crippen LogP contribution in [-0.2, 0) is 20.1 Å². The van der Waals surface area contributed by atoms with E-state index in [1.807, 2.05) is 103 Å². The molecule has 0 aliphatic carbocycles. The summed E-state index contributed by atoms with van der Waals surface area (Å²) in [7, 11) is 0. The van der Waals surface area contributed by atoms with Gasteiger partial charge in [0.2, 0.25) is 0 Å². The Balaban J connectivity index is 0.000000240. The Morgan fingerprint density at radius 3 is 1.35 bits per heavy atom. The summed E-state index contributed by atoms with van der Waals surface area (Å²) in [5.74, 6) is 8.81. The van der Waals surface area contributed by atoms with Gasteiger partial charge in [0.05, 0.1) is 11.0 Å². The number of aromatic nitrogens is 4. The molecule has 0 unspecified atom stereocenters. The van der Waals surface area contributed by atoms with Crippen molar-refractivity contribution < 1.29 is 20.1 Å². The number of rotatable bonds is 8. The zero-order chi connectivity index (χ0) is 53.9. The molecule has 393 valence electrons. The van der Waals surface area contributed by atoms with Gasteiger partial charge in [0.1, 0.15) is 0 Å². The molecule has 1 radical (unpaired) electrons. The molecule has 0 bridgehead atoms. The molecule has 0 N–H and O–H groups in total. The largest absolute Gasteiger partial charge is 0.493 e. The summed E-state index contributed by atoms with van der Waals surface area (Å²) < 4.78 is 2.31. The van der Waals surface area contributed by atoms with E-state index >= 15 is 0 Å². The van der Waals surface area contributed by atoms with Crippen LogP contribution in [0.2, 0.25) is 0 Å². The molecule has 0 fully saturated rings. The van der Waals surface area contributed by atoms with Crippen molar-refractivity contribution in [1.82, 2.24) is 19.5 Å². The minimum atomic E-state index is 0. The van der Waals surface area contributed by atoms with Gasteiger partial charge in [0, 0.05) is 92.9 Å². The van der Waals surface area contributed by atoms with Crippen LogP contribution in [0.3, 0.4) is 0 Å². The SMILES string of the molecule is C(#Cc1ccc2c(c1)c1ccccc1n2-c1cccc(-c2nc(-c3ccccc3)nc(-c3ccccc3)n2)c1)c1cc[c-]c(N2[CH-]N(c3ccccc3)c3ccccc32)c1.[Ir].[c-]1ccccc1N1[CH-]N(c2ccccc2)c2ccccc21. The van der Waals surface area contributed by atoms with Crippen molar-refractivity contribution in [2.45, 2.75) is 0 Å². The number of hydrogen-bond donors (Lipinski definition) is 0. The Labute approximate surface area is 490 Å². The van der Waals surface area contributed by atoms with Crippen LogP contribution >= 0.6 is 0 Å². The van der Waals surface area contributed by atoms with Crippen LogP contribution in [0.15, 0.2) is 279 Å². The Morgan fingerprint density at radius 1 is 0.317 bits per heavy atom. The first kappa shape index (κ1) is 51.1. The second kappa shape index (κ2) is 22.8. The molecular weight excluding hydrogens is 1180 g/mol. The standard InChI is InChI=1S/C54H34N6.C19H14N2.Ir/c1-4-17-40(18-5-1)52-55-53(41-19-6-2-7-20-41)57-54(56-52)42-21-15-25-45(36-42)60-48-27-11-10-26-46(48)47-35-39(32-33-49(47)60)31-30-38-16-14-24-44(34-38)59-37-58(43-22-8-3-9-23-43)50-28-12-13-29-51(50)59;1-3-9-16(10-4-1)20-15-21(17-11-5-2-6-12-17)19-14-8-7-13-18(19)20;/h1-23,25-29,32-37H;1-11,13-15H;/q2*-2;. The van der Waals surface area contributed by atoms with Crippen molar-refractivity contribution in [2.75, 3.05) is 19.6 Å². The molecule has 2 aromatic heterocycles. The molecule has 8 nitrogen and oxygen atoms in total. The molecule has 0 atom stereocenters. The summed E-state index contributed by atoms with van der Waals surface area (Å²) in [5, 5.41) is 2.29. The molecule has 0 amide bonds. The first-order chi connectivity index (χ1) is 40.2. The van der Waals surface area contributed by atoms with Gasteiger partial charge < -0.3 is 24.2 Å². The van der Waals surface area contributed by atoms with Gasteiger partial charge in [0.15, 0.2) is 17.5 Å². The fraction of sp³-hybridized carbons (Fsp3) is 0. The number of para-hydroxylation sites is 8. The van der Waals surface area contributed by atoms with Gasteiger partial charge >= 0.3 is 0 Å². The van der Waals surface area contributed by atoms with Crippen molar-refractivity contribution in [2.24, 2.45) is 0 Å². The first-order valence-electron chi connectivity index (χ1n) is 26.8. The van der Waals surface area contributed by atoms with Gasteiger partial charge in [-0.05, 0) is 84.9 Å². The van der Waals surface area contributed by atoms with Gasteiger partial charge in [-0.3, -0.25) is 0 Å². The van der Waals surface area contributed by atoms with Crippen LogP contribution < -0.4 is 19.6 Å². The Bertz CT molecular complexity index is 4330. The van der Waals surface area contributed by atoms with Crippen molar-refractivity contribution in [3.05, 3.63) is 316 Å². The van der Waals surface area contributed by atoms with E-state index in [-0.39, 0.29) is 20.1 Å². The van der Waals surface area contributed by atoms with Gasteiger partial charge in [0.25, 0.3) is 0 Å². The molecule has 11 aromatic carbocycles. The van der Waals surface area contributed by atoms with E-state index in [0.29, 0.717) is 17.5 Å². The maximum atomic E-state index is 5.00. The molecule has 82 heavy (non-hydrogen) atoms. The van der Waals surface area contributed by atoms with Gasteiger partial charge in [-0.1, -0.05) is 169 Å². The second-order valence-electron chi connectivity index (χ2n) is 19.5. The molecule has 0 spiro atoms. The van der Waals surface area contributed by atoms with Crippen molar-refractivity contribution in [1.29, 1.82) is 0 Å². The minimum absolute atomic E-state index is 0. The maximum absolute atomic E-state index is 5.00. The van der Waals surface area contributed by atoms with Crippen LogP contribution in [0.4, 0.5) is 45.5 Å². The Morgan fingerprint density at radius 2 is 0.768 bits per heavy atom. The number of nitrogens with zero attached hydrogens (tertiary/aromatic N) is 8. The van der Waals surface area contributed by atoms with Crippen molar-refractivity contribution >= 4 is 67.3 Å². The zero-order valence-corrected chi connectivity index (χ0v) is 46.5. The summed E-state index contributed by atoms with van der Waals surface area (Å²) in [6, 6.07) is 102. The zero-order valence-electron chi connectivity index (χ0n) is 44.1. The predicted octanol–water partition coefficient (Wildman–Crippen LogP) is 17.5. The maximum Gasteiger partial charge on any atom is 0.164 e. The summed E-state index contributed by atoms with van der Waals surface area (Å²) in [6.45, 7) is 4.24. The van der Waals surface area contributed by atoms with Crippen LogP contribution in [0.25, 0.3) is 61.7 Å². The molecular formula is C73H48IrN8-4. The topological polar surface area (TPSA) is 56.6 Å². The Hall–Kier alpha value is -10.4. The summed E-state index contributed by atoms with van der Waals surface area (Å²) in [6.07, 6.45) is 0. The third-order valence-corrected chi connectivity index (χ3v) is 14.4. The monoisotopic (exact) mass is 1230 g/mol. The van der Waals surface area contributed by atoms with Crippen LogP contribution in [0, 0.1) is 37.3 Å². The molecule has 2 aliphatic heterocycles. The number of anilines is 8. The van der Waals surface area contributed by atoms with Crippen LogP contribution in [0.1, 0.15) is 11.1 Å². The number of fused-ring (bicyclic) bond motifs is 5. The number of hydrogen-bond acceptors (Lipinski definition) is 7. The molecule has 0 saturated heterocycles. The van der Waals surface area contributed by atoms with Gasteiger partial charge in [-0.15, -0.1) is 30.8 Å². The Kier molecular flexibility index (Phi) is 14.2. The van der Waals surface area contributed by atoms with Crippen LogP contribution in [0.5, 0.6) is 0 Å². The molecule has 4 heterocycles. The second-order valence-corrected chi connectivity index (χ2v) is 19.5. The molecule has 0 saturated carbocycles. The number of benzene rings is 11. The normalized spacial score (nSPS) is 12.2. The predicted molar refractivity (Wildman–Crippen MR) is 330 cm³/mol. The van der Waals surface area contributed by atoms with E-state index in [1.54, 1.807) is 0 Å². The van der Waals surface area contributed by atoms with E-state index in [4.69, 9.17) is 15.0 Å². The van der Waals surface area contributed by atoms with Crippen LogP contribution in [-0.4, -0.2) is 19.5 Å². The minimum Gasteiger partial charge on any atom is -0.493 e. The van der Waals surface area contributed by atoms with E-state index in [1.165, 1.54) is 11.4 Å². The molecule has 13 aromatic rings. The van der Waals surface area contributed by atoms with Gasteiger partial charge in [-0.2, -0.15) is 48.5 Å². The van der Waals surface area contributed by atoms with Crippen molar-refractivity contribution in [3.63, 3.8) is 0 Å². The average molecular weight is 1230 g/mol. The van der Waals surface area contributed by atoms with E-state index in [2.05, 4.69) is 237 Å². The first-order valence-corrected chi connectivity index (χ1v) is 26.8. The molecule has 15 rings (SSSR count). The quantitative estimate of drug-likeness (QED) is 0.111. The summed E-state index contributed by atoms with van der Waals surface area (Å²) in [5.41, 5.74) is 16.6. The van der Waals surface area contributed by atoms with Gasteiger partial charge in [-0.25, -0.2) is 15.0 Å². The van der Waals surface area contributed by atoms with E-state index in [9.17, 15) is 0 Å². The van der Waals surface area contributed by atoms with Crippen molar-refractivity contribution in [3.8, 4) is 51.7 Å². The fourth-order valence-corrected chi connectivity index (χ4v) is 10.6. The average Bonchev–Trinajstić information content (AvgIpc) is 4.38.